The minimum Gasteiger partial charge on any atom is -0.497 e. The second-order valence-electron chi connectivity index (χ2n) is 9.18. The zero-order valence-corrected chi connectivity index (χ0v) is 20.6. The fourth-order valence-corrected chi connectivity index (χ4v) is 5.77. The third kappa shape index (κ3) is 4.94. The van der Waals surface area contributed by atoms with Crippen LogP contribution in [0.15, 0.2) is 46.3 Å². The standard InChI is InChI=1S/C26H31N5O2S/c1-33-20-10-6-18(7-11-20)16-31(19-8-9-19)17-23(32)29-24-21(14-27)26(12-4-3-5-13-26)22(15-28)25(30-24)34-2/h6-7,10-11,19,30H,3-5,8-9,12-13,16-17H2,1-2H3,(H,29,32). The van der Waals surface area contributed by atoms with Crippen LogP contribution >= 0.6 is 11.8 Å². The van der Waals surface area contributed by atoms with E-state index in [0.29, 0.717) is 29.6 Å². The van der Waals surface area contributed by atoms with Crippen LogP contribution in [0.5, 0.6) is 5.75 Å². The topological polar surface area (TPSA) is 101 Å². The Morgan fingerprint density at radius 2 is 1.85 bits per heavy atom. The molecule has 8 heteroatoms. The molecule has 1 spiro atoms. The number of carbonyl (C=O) groups excluding carboxylic acids is 1. The van der Waals surface area contributed by atoms with E-state index < -0.39 is 5.41 Å². The van der Waals surface area contributed by atoms with E-state index in [2.05, 4.69) is 27.7 Å². The van der Waals surface area contributed by atoms with Crippen LogP contribution in [0.25, 0.3) is 0 Å². The maximum atomic E-state index is 13.2. The summed E-state index contributed by atoms with van der Waals surface area (Å²) in [6, 6.07) is 13.0. The van der Waals surface area contributed by atoms with Gasteiger partial charge in [0.25, 0.3) is 0 Å². The van der Waals surface area contributed by atoms with Gasteiger partial charge in [-0.1, -0.05) is 31.4 Å². The summed E-state index contributed by atoms with van der Waals surface area (Å²) >= 11 is 1.45. The molecule has 2 saturated carbocycles. The maximum Gasteiger partial charge on any atom is 0.239 e. The molecule has 2 fully saturated rings. The summed E-state index contributed by atoms with van der Waals surface area (Å²) in [5.74, 6) is 1.10. The molecule has 1 amide bonds. The van der Waals surface area contributed by atoms with Crippen molar-refractivity contribution in [1.29, 1.82) is 10.5 Å². The Morgan fingerprint density at radius 3 is 2.41 bits per heavy atom. The molecular formula is C26H31N5O2S. The van der Waals surface area contributed by atoms with Crippen LogP contribution in [0.4, 0.5) is 0 Å². The van der Waals surface area contributed by atoms with Crippen LogP contribution in [0.3, 0.4) is 0 Å². The van der Waals surface area contributed by atoms with E-state index in [0.717, 1.165) is 61.3 Å². The van der Waals surface area contributed by atoms with Crippen LogP contribution in [-0.4, -0.2) is 36.8 Å². The molecule has 0 bridgehead atoms. The lowest BCUT2D eigenvalue weighted by Gasteiger charge is -2.41. The van der Waals surface area contributed by atoms with Gasteiger partial charge in [-0.05, 0) is 49.6 Å². The molecule has 2 N–H and O–H groups in total. The number of amides is 1. The lowest BCUT2D eigenvalue weighted by molar-refractivity contribution is -0.121. The molecule has 178 valence electrons. The van der Waals surface area contributed by atoms with Gasteiger partial charge >= 0.3 is 0 Å². The lowest BCUT2D eigenvalue weighted by atomic mass is 9.64. The van der Waals surface area contributed by atoms with Crippen molar-refractivity contribution in [2.45, 2.75) is 57.5 Å². The first kappa shape index (κ1) is 24.2. The molecule has 34 heavy (non-hydrogen) atoms. The van der Waals surface area contributed by atoms with Gasteiger partial charge in [0.15, 0.2) is 0 Å². The Hall–Kier alpha value is -2.94. The van der Waals surface area contributed by atoms with Gasteiger partial charge in [-0.25, -0.2) is 0 Å². The monoisotopic (exact) mass is 477 g/mol. The fraction of sp³-hybridized carbons (Fsp3) is 0.500. The van der Waals surface area contributed by atoms with E-state index in [-0.39, 0.29) is 12.5 Å². The van der Waals surface area contributed by atoms with Gasteiger partial charge in [-0.2, -0.15) is 10.5 Å². The number of ether oxygens (including phenoxy) is 1. The summed E-state index contributed by atoms with van der Waals surface area (Å²) in [6.07, 6.45) is 8.64. The molecular weight excluding hydrogens is 446 g/mol. The second-order valence-corrected chi connectivity index (χ2v) is 10.00. The van der Waals surface area contributed by atoms with Gasteiger partial charge in [-0.15, -0.1) is 11.8 Å². The Bertz CT molecular complexity index is 1070. The van der Waals surface area contributed by atoms with Crippen molar-refractivity contribution in [3.8, 4) is 17.9 Å². The number of nitrogens with one attached hydrogen (secondary N) is 2. The number of hydrogen-bond donors (Lipinski definition) is 2. The van der Waals surface area contributed by atoms with E-state index in [1.54, 1.807) is 7.11 Å². The molecule has 1 heterocycles. The highest BCUT2D eigenvalue weighted by molar-refractivity contribution is 8.02. The largest absolute Gasteiger partial charge is 0.497 e. The summed E-state index contributed by atoms with van der Waals surface area (Å²) in [6.45, 7) is 0.926. The molecule has 4 rings (SSSR count). The van der Waals surface area contributed by atoms with Crippen LogP contribution in [-0.2, 0) is 11.3 Å². The van der Waals surface area contributed by atoms with Crippen molar-refractivity contribution < 1.29 is 9.53 Å². The molecule has 0 aromatic heterocycles. The third-order valence-corrected chi connectivity index (χ3v) is 7.74. The lowest BCUT2D eigenvalue weighted by Crippen LogP contribution is -2.45. The predicted octanol–water partition coefficient (Wildman–Crippen LogP) is 4.16. The number of benzene rings is 1. The molecule has 3 aliphatic rings. The number of nitriles is 2. The summed E-state index contributed by atoms with van der Waals surface area (Å²) < 4.78 is 5.24. The van der Waals surface area contributed by atoms with Gasteiger partial charge in [0, 0.05) is 18.0 Å². The number of rotatable bonds is 8. The number of methoxy groups -OCH3 is 1. The van der Waals surface area contributed by atoms with Gasteiger partial charge in [-0.3, -0.25) is 9.69 Å². The Balaban J connectivity index is 1.53. The zero-order valence-electron chi connectivity index (χ0n) is 19.8. The van der Waals surface area contributed by atoms with Crippen LogP contribution in [0.1, 0.15) is 50.5 Å². The van der Waals surface area contributed by atoms with Gasteiger partial charge in [0.2, 0.25) is 5.91 Å². The third-order valence-electron chi connectivity index (χ3n) is 7.03. The maximum absolute atomic E-state index is 13.2. The highest BCUT2D eigenvalue weighted by atomic mass is 32.2. The summed E-state index contributed by atoms with van der Waals surface area (Å²) in [5, 5.41) is 27.0. The average molecular weight is 478 g/mol. The summed E-state index contributed by atoms with van der Waals surface area (Å²) in [7, 11) is 1.65. The smallest absolute Gasteiger partial charge is 0.239 e. The Labute approximate surface area is 205 Å². The number of thioether (sulfide) groups is 1. The Morgan fingerprint density at radius 1 is 1.18 bits per heavy atom. The van der Waals surface area contributed by atoms with Gasteiger partial charge < -0.3 is 15.4 Å². The molecule has 0 saturated heterocycles. The van der Waals surface area contributed by atoms with Crippen molar-refractivity contribution in [2.75, 3.05) is 19.9 Å². The quantitative estimate of drug-likeness (QED) is 0.580. The van der Waals surface area contributed by atoms with Crippen molar-refractivity contribution in [3.05, 3.63) is 51.8 Å². The number of hydrogen-bond acceptors (Lipinski definition) is 7. The van der Waals surface area contributed by atoms with E-state index in [9.17, 15) is 15.3 Å². The first-order valence-electron chi connectivity index (χ1n) is 11.8. The first-order chi connectivity index (χ1) is 16.5. The van der Waals surface area contributed by atoms with E-state index >= 15 is 0 Å². The SMILES string of the molecule is COc1ccc(CN(CC(=O)NC2=C(C#N)C3(CCCCC3)C(C#N)=C(SC)N2)C2CC2)cc1. The summed E-state index contributed by atoms with van der Waals surface area (Å²) in [4.78, 5) is 15.4. The molecule has 1 aliphatic heterocycles. The van der Waals surface area contributed by atoms with Crippen LogP contribution < -0.4 is 15.4 Å². The first-order valence-corrected chi connectivity index (χ1v) is 13.0. The van der Waals surface area contributed by atoms with Crippen LogP contribution in [0.2, 0.25) is 0 Å². The van der Waals surface area contributed by atoms with Crippen molar-refractivity contribution in [1.82, 2.24) is 15.5 Å². The molecule has 2 aliphatic carbocycles. The predicted molar refractivity (Wildman–Crippen MR) is 132 cm³/mol. The fourth-order valence-electron chi connectivity index (χ4n) is 5.13. The average Bonchev–Trinajstić information content (AvgIpc) is 3.70. The molecule has 0 radical (unpaired) electrons. The normalized spacial score (nSPS) is 19.4. The molecule has 0 unspecified atom stereocenters. The number of allylic oxidation sites excluding steroid dienone is 2. The molecule has 0 atom stereocenters. The van der Waals surface area contributed by atoms with Crippen molar-refractivity contribution in [3.63, 3.8) is 0 Å². The van der Waals surface area contributed by atoms with Gasteiger partial charge in [0.05, 0.1) is 42.0 Å². The number of carbonyl (C=O) groups is 1. The van der Waals surface area contributed by atoms with E-state index in [4.69, 9.17) is 4.74 Å². The van der Waals surface area contributed by atoms with E-state index in [1.807, 2.05) is 30.5 Å². The van der Waals surface area contributed by atoms with Crippen LogP contribution in [0, 0.1) is 28.1 Å². The molecule has 7 nitrogen and oxygen atoms in total. The number of nitrogens with zero attached hydrogens (tertiary/aromatic N) is 3. The zero-order chi connectivity index (χ0) is 24.1. The highest BCUT2D eigenvalue weighted by Gasteiger charge is 2.46. The second kappa shape index (κ2) is 10.5. The highest BCUT2D eigenvalue weighted by Crippen LogP contribution is 2.51. The molecule has 1 aromatic carbocycles. The van der Waals surface area contributed by atoms with Crippen molar-refractivity contribution in [2.24, 2.45) is 5.41 Å². The minimum atomic E-state index is -0.604. The summed E-state index contributed by atoms with van der Waals surface area (Å²) in [5.41, 5.74) is 1.64. The van der Waals surface area contributed by atoms with Gasteiger partial charge in [0.1, 0.15) is 11.6 Å². The Kier molecular flexibility index (Phi) is 7.50. The van der Waals surface area contributed by atoms with E-state index in [1.165, 1.54) is 11.8 Å². The van der Waals surface area contributed by atoms with Crippen molar-refractivity contribution >= 4 is 17.7 Å². The number of dihydropyridines is 1. The molecule has 1 aromatic rings. The minimum absolute atomic E-state index is 0.150.